The van der Waals surface area contributed by atoms with Gasteiger partial charge < -0.3 is 10.5 Å². The predicted molar refractivity (Wildman–Crippen MR) is 71.8 cm³/mol. The van der Waals surface area contributed by atoms with Crippen molar-refractivity contribution in [1.29, 1.82) is 0 Å². The number of aromatic nitrogens is 2. The van der Waals surface area contributed by atoms with Crippen molar-refractivity contribution in [3.05, 3.63) is 41.0 Å². The van der Waals surface area contributed by atoms with Gasteiger partial charge in [0.1, 0.15) is 5.69 Å². The van der Waals surface area contributed by atoms with E-state index in [0.29, 0.717) is 5.75 Å². The maximum absolute atomic E-state index is 14.0. The van der Waals surface area contributed by atoms with Gasteiger partial charge in [-0.3, -0.25) is 4.68 Å². The van der Waals surface area contributed by atoms with Crippen LogP contribution in [0.2, 0.25) is 0 Å². The van der Waals surface area contributed by atoms with Gasteiger partial charge in [0.2, 0.25) is 0 Å². The SMILES string of the molecule is Cc1nn(C)c(C)c1Oc1ccc([C@H](C)N)cc1F. The Balaban J connectivity index is 2.34. The molecule has 0 aliphatic rings. The van der Waals surface area contributed by atoms with E-state index in [-0.39, 0.29) is 11.8 Å². The monoisotopic (exact) mass is 263 g/mol. The molecule has 0 bridgehead atoms. The highest BCUT2D eigenvalue weighted by Crippen LogP contribution is 2.30. The van der Waals surface area contributed by atoms with Gasteiger partial charge in [0.05, 0.1) is 5.69 Å². The molecule has 0 aliphatic heterocycles. The summed E-state index contributed by atoms with van der Waals surface area (Å²) < 4.78 is 21.3. The highest BCUT2D eigenvalue weighted by Gasteiger charge is 2.14. The fourth-order valence-corrected chi connectivity index (χ4v) is 1.89. The lowest BCUT2D eigenvalue weighted by molar-refractivity contribution is 0.435. The normalized spacial score (nSPS) is 12.5. The van der Waals surface area contributed by atoms with Crippen LogP contribution in [0.1, 0.15) is 29.9 Å². The molecule has 4 nitrogen and oxygen atoms in total. The summed E-state index contributed by atoms with van der Waals surface area (Å²) in [5.41, 5.74) is 8.04. The van der Waals surface area contributed by atoms with E-state index in [0.717, 1.165) is 17.0 Å². The van der Waals surface area contributed by atoms with Crippen LogP contribution < -0.4 is 10.5 Å². The summed E-state index contributed by atoms with van der Waals surface area (Å²) in [6.07, 6.45) is 0. The van der Waals surface area contributed by atoms with Crippen molar-refractivity contribution in [1.82, 2.24) is 9.78 Å². The number of benzene rings is 1. The second kappa shape index (κ2) is 5.01. The Hall–Kier alpha value is -1.88. The molecule has 0 fully saturated rings. The van der Waals surface area contributed by atoms with E-state index in [2.05, 4.69) is 5.10 Å². The Morgan fingerprint density at radius 1 is 1.37 bits per heavy atom. The van der Waals surface area contributed by atoms with Crippen LogP contribution in [0.15, 0.2) is 18.2 Å². The van der Waals surface area contributed by atoms with Crippen molar-refractivity contribution in [2.24, 2.45) is 12.8 Å². The fraction of sp³-hybridized carbons (Fsp3) is 0.357. The summed E-state index contributed by atoms with van der Waals surface area (Å²) in [5.74, 6) is 0.357. The van der Waals surface area contributed by atoms with E-state index in [1.807, 2.05) is 27.8 Å². The fourth-order valence-electron chi connectivity index (χ4n) is 1.89. The number of hydrogen-bond donors (Lipinski definition) is 1. The van der Waals surface area contributed by atoms with Crippen LogP contribution in [-0.2, 0) is 7.05 Å². The number of hydrogen-bond acceptors (Lipinski definition) is 3. The Bertz CT molecular complexity index is 605. The van der Waals surface area contributed by atoms with Gasteiger partial charge in [-0.2, -0.15) is 5.10 Å². The molecule has 0 radical (unpaired) electrons. The highest BCUT2D eigenvalue weighted by atomic mass is 19.1. The third kappa shape index (κ3) is 2.61. The molecule has 0 aliphatic carbocycles. The molecular weight excluding hydrogens is 245 g/mol. The van der Waals surface area contributed by atoms with Crippen LogP contribution in [0, 0.1) is 19.7 Å². The first-order valence-corrected chi connectivity index (χ1v) is 6.13. The van der Waals surface area contributed by atoms with Gasteiger partial charge in [0.15, 0.2) is 17.3 Å². The maximum Gasteiger partial charge on any atom is 0.171 e. The first kappa shape index (κ1) is 13.5. The number of aryl methyl sites for hydroxylation is 2. The van der Waals surface area contributed by atoms with Gasteiger partial charge in [0, 0.05) is 13.1 Å². The minimum atomic E-state index is -0.419. The van der Waals surface area contributed by atoms with Crippen molar-refractivity contribution >= 4 is 0 Å². The van der Waals surface area contributed by atoms with E-state index in [1.54, 1.807) is 16.8 Å². The summed E-state index contributed by atoms with van der Waals surface area (Å²) in [5, 5.41) is 4.23. The molecule has 2 rings (SSSR count). The molecule has 2 aromatic rings. The van der Waals surface area contributed by atoms with Gasteiger partial charge in [0.25, 0.3) is 0 Å². The molecule has 1 atom stereocenters. The summed E-state index contributed by atoms with van der Waals surface area (Å²) in [6, 6.07) is 4.57. The Kier molecular flexibility index (Phi) is 3.57. The smallest absolute Gasteiger partial charge is 0.171 e. The van der Waals surface area contributed by atoms with Crippen LogP contribution in [0.4, 0.5) is 4.39 Å². The number of halogens is 1. The quantitative estimate of drug-likeness (QED) is 0.926. The summed E-state index contributed by atoms with van der Waals surface area (Å²) in [6.45, 7) is 5.52. The van der Waals surface area contributed by atoms with E-state index < -0.39 is 5.82 Å². The van der Waals surface area contributed by atoms with Gasteiger partial charge >= 0.3 is 0 Å². The molecule has 0 unspecified atom stereocenters. The van der Waals surface area contributed by atoms with Gasteiger partial charge in [-0.1, -0.05) is 6.07 Å². The molecule has 0 spiro atoms. The number of rotatable bonds is 3. The summed E-state index contributed by atoms with van der Waals surface area (Å²) in [4.78, 5) is 0. The first-order valence-electron chi connectivity index (χ1n) is 6.13. The third-order valence-corrected chi connectivity index (χ3v) is 3.14. The zero-order valence-electron chi connectivity index (χ0n) is 11.6. The lowest BCUT2D eigenvalue weighted by Crippen LogP contribution is -2.05. The summed E-state index contributed by atoms with van der Waals surface area (Å²) >= 11 is 0. The lowest BCUT2D eigenvalue weighted by atomic mass is 10.1. The molecule has 0 saturated heterocycles. The average molecular weight is 263 g/mol. The Morgan fingerprint density at radius 2 is 2.05 bits per heavy atom. The number of nitrogens with two attached hydrogens (primary N) is 1. The average Bonchev–Trinajstić information content (AvgIpc) is 2.58. The standard InChI is InChI=1S/C14H18FN3O/c1-8(16)11-5-6-13(12(15)7-11)19-14-9(2)17-18(4)10(14)3/h5-8H,16H2,1-4H3/t8-/m0/s1. The molecule has 1 aromatic heterocycles. The Labute approximate surface area is 112 Å². The number of ether oxygens (including phenoxy) is 1. The molecule has 102 valence electrons. The van der Waals surface area contributed by atoms with Crippen LogP contribution in [0.5, 0.6) is 11.5 Å². The molecule has 1 aromatic carbocycles. The van der Waals surface area contributed by atoms with Crippen molar-refractivity contribution in [3.8, 4) is 11.5 Å². The largest absolute Gasteiger partial charge is 0.450 e. The molecule has 0 saturated carbocycles. The number of nitrogens with zero attached hydrogens (tertiary/aromatic N) is 2. The third-order valence-electron chi connectivity index (χ3n) is 3.14. The zero-order chi connectivity index (χ0) is 14.2. The van der Waals surface area contributed by atoms with Crippen LogP contribution in [0.3, 0.4) is 0 Å². The van der Waals surface area contributed by atoms with Crippen molar-refractivity contribution in [2.75, 3.05) is 0 Å². The molecular formula is C14H18FN3O. The van der Waals surface area contributed by atoms with Gasteiger partial charge in [-0.15, -0.1) is 0 Å². The van der Waals surface area contributed by atoms with Crippen molar-refractivity contribution in [2.45, 2.75) is 26.8 Å². The second-order valence-corrected chi connectivity index (χ2v) is 4.70. The van der Waals surface area contributed by atoms with Crippen LogP contribution in [0.25, 0.3) is 0 Å². The van der Waals surface area contributed by atoms with Crippen molar-refractivity contribution < 1.29 is 9.13 Å². The molecule has 0 amide bonds. The molecule has 19 heavy (non-hydrogen) atoms. The lowest BCUT2D eigenvalue weighted by Gasteiger charge is -2.10. The van der Waals surface area contributed by atoms with Gasteiger partial charge in [-0.25, -0.2) is 4.39 Å². The van der Waals surface area contributed by atoms with Crippen LogP contribution >= 0.6 is 0 Å². The predicted octanol–water partition coefficient (Wildman–Crippen LogP) is 2.99. The second-order valence-electron chi connectivity index (χ2n) is 4.70. The van der Waals surface area contributed by atoms with Crippen LogP contribution in [-0.4, -0.2) is 9.78 Å². The maximum atomic E-state index is 14.0. The molecule has 2 N–H and O–H groups in total. The van der Waals surface area contributed by atoms with Crippen molar-refractivity contribution in [3.63, 3.8) is 0 Å². The minimum absolute atomic E-state index is 0.184. The van der Waals surface area contributed by atoms with E-state index in [9.17, 15) is 4.39 Å². The van der Waals surface area contributed by atoms with E-state index in [1.165, 1.54) is 6.07 Å². The summed E-state index contributed by atoms with van der Waals surface area (Å²) in [7, 11) is 1.82. The van der Waals surface area contributed by atoms with E-state index >= 15 is 0 Å². The topological polar surface area (TPSA) is 53.1 Å². The Morgan fingerprint density at radius 3 is 2.53 bits per heavy atom. The molecule has 5 heteroatoms. The minimum Gasteiger partial charge on any atom is -0.450 e. The highest BCUT2D eigenvalue weighted by molar-refractivity contribution is 5.39. The van der Waals surface area contributed by atoms with E-state index in [4.69, 9.17) is 10.5 Å². The first-order chi connectivity index (χ1) is 8.90. The zero-order valence-corrected chi connectivity index (χ0v) is 11.6. The van der Waals surface area contributed by atoms with Gasteiger partial charge in [-0.05, 0) is 38.5 Å². The molecule has 1 heterocycles.